The minimum Gasteiger partial charge on any atom is -0.494 e. The second kappa shape index (κ2) is 7.97. The molecule has 0 saturated heterocycles. The molecule has 0 amide bonds. The van der Waals surface area contributed by atoms with E-state index in [0.29, 0.717) is 6.61 Å². The van der Waals surface area contributed by atoms with Crippen molar-refractivity contribution in [3.63, 3.8) is 0 Å². The van der Waals surface area contributed by atoms with E-state index >= 15 is 0 Å². The van der Waals surface area contributed by atoms with Crippen LogP contribution < -0.4 is 4.74 Å². The van der Waals surface area contributed by atoms with Gasteiger partial charge in [-0.1, -0.05) is 32.9 Å². The number of rotatable bonds is 8. The maximum atomic E-state index is 8.97. The minimum absolute atomic E-state index is 0.0745. The molecule has 120 valence electrons. The Morgan fingerprint density at radius 1 is 1.00 bits per heavy atom. The minimum atomic E-state index is -1.60. The quantitative estimate of drug-likeness (QED) is 0.573. The molecule has 0 fully saturated rings. The van der Waals surface area contributed by atoms with Crippen LogP contribution in [0, 0.1) is 0 Å². The van der Waals surface area contributed by atoms with E-state index in [4.69, 9.17) is 14.3 Å². The molecule has 0 atom stereocenters. The number of unbranched alkanes of at least 4 members (excludes halogenated alkanes) is 1. The Labute approximate surface area is 130 Å². The number of benzene rings is 1. The third-order valence-corrected chi connectivity index (χ3v) is 8.72. The predicted molar refractivity (Wildman–Crippen MR) is 90.2 cm³/mol. The smallest absolute Gasteiger partial charge is 0.191 e. The highest BCUT2D eigenvalue weighted by molar-refractivity contribution is 6.74. The van der Waals surface area contributed by atoms with Crippen LogP contribution in [-0.2, 0) is 11.0 Å². The van der Waals surface area contributed by atoms with Crippen molar-refractivity contribution < 1.29 is 14.3 Å². The van der Waals surface area contributed by atoms with Crippen molar-refractivity contribution in [3.05, 3.63) is 29.8 Å². The van der Waals surface area contributed by atoms with Gasteiger partial charge in [0, 0.05) is 6.61 Å². The molecular weight excluding hydrogens is 280 g/mol. The largest absolute Gasteiger partial charge is 0.494 e. The van der Waals surface area contributed by atoms with Gasteiger partial charge in [-0.15, -0.1) is 0 Å². The first-order chi connectivity index (χ1) is 9.76. The van der Waals surface area contributed by atoms with Crippen LogP contribution in [0.2, 0.25) is 18.1 Å². The zero-order valence-electron chi connectivity index (χ0n) is 14.1. The van der Waals surface area contributed by atoms with E-state index in [1.807, 2.05) is 24.3 Å². The molecule has 0 aliphatic carbocycles. The van der Waals surface area contributed by atoms with Gasteiger partial charge in [0.1, 0.15) is 5.75 Å². The van der Waals surface area contributed by atoms with Crippen LogP contribution in [-0.4, -0.2) is 26.6 Å². The van der Waals surface area contributed by atoms with Crippen molar-refractivity contribution in [2.75, 3.05) is 13.2 Å². The average molecular weight is 311 g/mol. The molecule has 0 bridgehead atoms. The number of hydrogen-bond donors (Lipinski definition) is 1. The second-order valence-corrected chi connectivity index (χ2v) is 11.8. The van der Waals surface area contributed by atoms with Crippen LogP contribution in [0.25, 0.3) is 0 Å². The normalized spacial score (nSPS) is 12.5. The Kier molecular flexibility index (Phi) is 6.91. The van der Waals surface area contributed by atoms with E-state index in [-0.39, 0.29) is 11.6 Å². The zero-order chi connectivity index (χ0) is 15.9. The molecule has 0 spiro atoms. The van der Waals surface area contributed by atoms with Crippen LogP contribution in [0.1, 0.15) is 39.2 Å². The fraction of sp³-hybridized carbons (Fsp3) is 0.647. The Morgan fingerprint density at radius 3 is 2.10 bits per heavy atom. The number of aliphatic hydroxyl groups is 1. The number of hydrogen-bond acceptors (Lipinski definition) is 3. The fourth-order valence-corrected chi connectivity index (χ4v) is 2.72. The van der Waals surface area contributed by atoms with Crippen LogP contribution >= 0.6 is 0 Å². The summed E-state index contributed by atoms with van der Waals surface area (Å²) in [5.41, 5.74) is 0.908. The first-order valence-electron chi connectivity index (χ1n) is 7.73. The lowest BCUT2D eigenvalue weighted by Gasteiger charge is -2.36. The Bertz CT molecular complexity index is 407. The molecule has 4 heteroatoms. The van der Waals surface area contributed by atoms with Crippen molar-refractivity contribution >= 4 is 8.32 Å². The van der Waals surface area contributed by atoms with Crippen molar-refractivity contribution in [2.45, 2.75) is 58.4 Å². The molecule has 21 heavy (non-hydrogen) atoms. The molecule has 1 N–H and O–H groups in total. The van der Waals surface area contributed by atoms with Gasteiger partial charge in [-0.25, -0.2) is 0 Å². The summed E-state index contributed by atoms with van der Waals surface area (Å²) in [4.78, 5) is 0. The summed E-state index contributed by atoms with van der Waals surface area (Å²) in [5, 5.41) is 9.25. The van der Waals surface area contributed by atoms with Gasteiger partial charge in [-0.2, -0.15) is 0 Å². The third-order valence-electron chi connectivity index (χ3n) is 4.18. The lowest BCUT2D eigenvalue weighted by molar-refractivity contribution is 0.252. The third kappa shape index (κ3) is 6.20. The summed E-state index contributed by atoms with van der Waals surface area (Å²) < 4.78 is 11.8. The van der Waals surface area contributed by atoms with Crippen molar-refractivity contribution in [2.24, 2.45) is 0 Å². The topological polar surface area (TPSA) is 38.7 Å². The van der Waals surface area contributed by atoms with E-state index in [2.05, 4.69) is 33.9 Å². The zero-order valence-corrected chi connectivity index (χ0v) is 15.1. The van der Waals surface area contributed by atoms with E-state index in [1.54, 1.807) is 0 Å². The summed E-state index contributed by atoms with van der Waals surface area (Å²) in [6.07, 6.45) is 2.03. The molecule has 0 saturated carbocycles. The van der Waals surface area contributed by atoms with Crippen LogP contribution in [0.4, 0.5) is 0 Å². The Balaban J connectivity index is 2.17. The highest BCUT2D eigenvalue weighted by Crippen LogP contribution is 2.36. The molecule has 0 radical (unpaired) electrons. The summed E-state index contributed by atoms with van der Waals surface area (Å²) >= 11 is 0. The van der Waals surface area contributed by atoms with E-state index in [9.17, 15) is 0 Å². The van der Waals surface area contributed by atoms with Gasteiger partial charge >= 0.3 is 0 Å². The summed E-state index contributed by atoms with van der Waals surface area (Å²) in [5.74, 6) is 0.859. The van der Waals surface area contributed by atoms with Crippen LogP contribution in [0.3, 0.4) is 0 Å². The standard InChI is InChI=1S/C17H30O3Si/c1-17(2,3)21(4,5)20-13-7-6-12-19-16-10-8-15(14-18)9-11-16/h8-11,18H,6-7,12-14H2,1-5H3. The highest BCUT2D eigenvalue weighted by Gasteiger charge is 2.36. The predicted octanol–water partition coefficient (Wildman–Crippen LogP) is 4.36. The molecular formula is C17H30O3Si. The lowest BCUT2D eigenvalue weighted by Crippen LogP contribution is -2.41. The molecule has 1 rings (SSSR count). The van der Waals surface area contributed by atoms with Crippen LogP contribution in [0.5, 0.6) is 5.75 Å². The van der Waals surface area contributed by atoms with Gasteiger partial charge in [0.25, 0.3) is 0 Å². The first kappa shape index (κ1) is 18.2. The molecule has 0 heterocycles. The van der Waals surface area contributed by atoms with Crippen molar-refractivity contribution in [1.29, 1.82) is 0 Å². The van der Waals surface area contributed by atoms with Gasteiger partial charge in [0.2, 0.25) is 0 Å². The van der Waals surface area contributed by atoms with E-state index in [1.165, 1.54) is 0 Å². The average Bonchev–Trinajstić information content (AvgIpc) is 2.42. The number of ether oxygens (including phenoxy) is 1. The maximum absolute atomic E-state index is 8.97. The fourth-order valence-electron chi connectivity index (χ4n) is 1.63. The Morgan fingerprint density at radius 2 is 1.57 bits per heavy atom. The molecule has 3 nitrogen and oxygen atoms in total. The van der Waals surface area contributed by atoms with E-state index < -0.39 is 8.32 Å². The second-order valence-electron chi connectivity index (χ2n) is 6.97. The van der Waals surface area contributed by atoms with Gasteiger partial charge in [0.15, 0.2) is 8.32 Å². The van der Waals surface area contributed by atoms with Gasteiger partial charge in [0.05, 0.1) is 13.2 Å². The van der Waals surface area contributed by atoms with Gasteiger partial charge < -0.3 is 14.3 Å². The first-order valence-corrected chi connectivity index (χ1v) is 10.6. The molecule has 1 aromatic carbocycles. The summed E-state index contributed by atoms with van der Waals surface area (Å²) in [7, 11) is -1.60. The van der Waals surface area contributed by atoms with Crippen LogP contribution in [0.15, 0.2) is 24.3 Å². The SMILES string of the molecule is CC(C)(C)[Si](C)(C)OCCCCOc1ccc(CO)cc1. The summed E-state index contributed by atoms with van der Waals surface area (Å²) in [6.45, 7) is 13.0. The molecule has 0 unspecified atom stereocenters. The molecule has 0 aliphatic rings. The van der Waals surface area contributed by atoms with Gasteiger partial charge in [-0.3, -0.25) is 0 Å². The monoisotopic (exact) mass is 310 g/mol. The summed E-state index contributed by atoms with van der Waals surface area (Å²) in [6, 6.07) is 7.57. The molecule has 1 aromatic rings. The molecule has 0 aliphatic heterocycles. The van der Waals surface area contributed by atoms with Crippen molar-refractivity contribution in [1.82, 2.24) is 0 Å². The maximum Gasteiger partial charge on any atom is 0.191 e. The Hall–Kier alpha value is -0.843. The van der Waals surface area contributed by atoms with E-state index in [0.717, 1.165) is 30.8 Å². The van der Waals surface area contributed by atoms with Crippen molar-refractivity contribution in [3.8, 4) is 5.75 Å². The lowest BCUT2D eigenvalue weighted by atomic mass is 10.2. The van der Waals surface area contributed by atoms with Gasteiger partial charge in [-0.05, 0) is 48.7 Å². The highest BCUT2D eigenvalue weighted by atomic mass is 28.4. The number of aliphatic hydroxyl groups excluding tert-OH is 1. The molecule has 0 aromatic heterocycles.